The highest BCUT2D eigenvalue weighted by molar-refractivity contribution is 7.87. The smallest absolute Gasteiger partial charge is 0.362 e. The van der Waals surface area contributed by atoms with Crippen LogP contribution in [0.2, 0.25) is 0 Å². The van der Waals surface area contributed by atoms with E-state index in [9.17, 15) is 26.4 Å². The predicted octanol–water partition coefficient (Wildman–Crippen LogP) is 6.33. The SMILES string of the molecule is [N-]=[N+]=C1C=Cc2c(cccc2S(=O)(=O)Oc2ccc(C3=CC(c4ccc(OS(=O)(=O)c5cccc6c5C=CC(=[N+]=[N-])C6=O)cc4)CCC3)cc2)C1=O. The van der Waals surface area contributed by atoms with Crippen molar-refractivity contribution in [2.24, 2.45) is 0 Å². The number of carbonyl (C=O) groups is 2. The van der Waals surface area contributed by atoms with Crippen molar-refractivity contribution in [3.05, 3.63) is 148 Å². The molecule has 0 aliphatic heterocycles. The topological polar surface area (TPSA) is 194 Å². The number of ketones is 2. The molecule has 0 spiro atoms. The molecule has 0 amide bonds. The van der Waals surface area contributed by atoms with Crippen molar-refractivity contribution in [2.75, 3.05) is 0 Å². The van der Waals surface area contributed by atoms with E-state index in [-0.39, 0.29) is 60.9 Å². The molecule has 0 saturated heterocycles. The Hall–Kier alpha value is -6.30. The van der Waals surface area contributed by atoms with Crippen LogP contribution in [0.1, 0.15) is 68.2 Å². The van der Waals surface area contributed by atoms with E-state index in [1.807, 2.05) is 0 Å². The van der Waals surface area contributed by atoms with Crippen LogP contribution in [0.15, 0.2) is 113 Å². The number of hydrogen-bond donors (Lipinski definition) is 0. The van der Waals surface area contributed by atoms with E-state index in [0.29, 0.717) is 0 Å². The van der Waals surface area contributed by atoms with Gasteiger partial charge >= 0.3 is 31.7 Å². The molecule has 1 atom stereocenters. The molecular weight excluding hydrogens is 705 g/mol. The van der Waals surface area contributed by atoms with Crippen LogP contribution in [0, 0.1) is 0 Å². The third-order valence-electron chi connectivity index (χ3n) is 8.97. The van der Waals surface area contributed by atoms with E-state index in [1.165, 1.54) is 60.7 Å². The molecule has 52 heavy (non-hydrogen) atoms. The summed E-state index contributed by atoms with van der Waals surface area (Å²) in [5, 5.41) is 0. The largest absolute Gasteiger partial charge is 0.379 e. The molecule has 0 heterocycles. The maximum Gasteiger partial charge on any atom is 0.362 e. The maximum absolute atomic E-state index is 13.3. The summed E-state index contributed by atoms with van der Waals surface area (Å²) in [6.45, 7) is 0. The maximum atomic E-state index is 13.3. The van der Waals surface area contributed by atoms with Crippen LogP contribution in [0.5, 0.6) is 11.5 Å². The standard InChI is InChI=1S/C38H26N4O8S2/c39-41-33-20-18-29-31(37(33)43)6-2-8-35(29)51(45,46)49-27-14-10-23(11-15-27)25-4-1-5-26(22-25)24-12-16-28(17-13-24)50-52(47,48)36-9-3-7-32-30(36)19-21-34(42-40)38(32)44/h2-3,6-22,25H,1,4-5H2. The van der Waals surface area contributed by atoms with Gasteiger partial charge in [-0.1, -0.05) is 54.6 Å². The van der Waals surface area contributed by atoms with Gasteiger partial charge in [0.05, 0.1) is 0 Å². The van der Waals surface area contributed by atoms with Crippen LogP contribution < -0.4 is 8.37 Å². The molecule has 0 bridgehead atoms. The summed E-state index contributed by atoms with van der Waals surface area (Å²) in [6, 6.07) is 21.8. The Morgan fingerprint density at radius 2 is 1.10 bits per heavy atom. The number of benzene rings is 4. The zero-order valence-corrected chi connectivity index (χ0v) is 28.7. The Balaban J connectivity index is 1.05. The lowest BCUT2D eigenvalue weighted by Crippen LogP contribution is -2.20. The third kappa shape index (κ3) is 6.39. The minimum absolute atomic E-state index is 0.0294. The van der Waals surface area contributed by atoms with Gasteiger partial charge in [0, 0.05) is 40.3 Å². The molecule has 4 aromatic rings. The first-order valence-corrected chi connectivity index (χ1v) is 18.8. The lowest BCUT2D eigenvalue weighted by atomic mass is 9.83. The van der Waals surface area contributed by atoms with Crippen molar-refractivity contribution >= 4 is 61.0 Å². The van der Waals surface area contributed by atoms with Crippen molar-refractivity contribution < 1.29 is 44.4 Å². The van der Waals surface area contributed by atoms with Gasteiger partial charge in [-0.05, 0) is 84.5 Å². The second-order valence-corrected chi connectivity index (χ2v) is 15.1. The molecule has 0 aromatic heterocycles. The van der Waals surface area contributed by atoms with E-state index in [4.69, 9.17) is 19.4 Å². The fourth-order valence-corrected chi connectivity index (χ4v) is 8.73. The van der Waals surface area contributed by atoms with E-state index < -0.39 is 31.8 Å². The minimum Gasteiger partial charge on any atom is -0.379 e. The van der Waals surface area contributed by atoms with E-state index in [2.05, 4.69) is 15.7 Å². The van der Waals surface area contributed by atoms with Gasteiger partial charge in [0.15, 0.2) is 0 Å². The molecular formula is C38H26N4O8S2. The summed E-state index contributed by atoms with van der Waals surface area (Å²) in [5.74, 6) is -0.995. The summed E-state index contributed by atoms with van der Waals surface area (Å²) >= 11 is 0. The molecule has 12 nitrogen and oxygen atoms in total. The Morgan fingerprint density at radius 3 is 1.58 bits per heavy atom. The highest BCUT2D eigenvalue weighted by Gasteiger charge is 2.32. The van der Waals surface area contributed by atoms with Crippen molar-refractivity contribution in [1.82, 2.24) is 0 Å². The summed E-state index contributed by atoms with van der Waals surface area (Å²) in [5.41, 5.74) is 21.1. The van der Waals surface area contributed by atoms with Crippen molar-refractivity contribution in [3.63, 3.8) is 0 Å². The third-order valence-corrected chi connectivity index (χ3v) is 11.6. The number of allylic oxidation sites excluding steroid dienone is 4. The lowest BCUT2D eigenvalue weighted by Gasteiger charge is -2.22. The van der Waals surface area contributed by atoms with Crippen LogP contribution >= 0.6 is 0 Å². The first kappa shape index (κ1) is 34.2. The summed E-state index contributed by atoms with van der Waals surface area (Å²) in [7, 11) is -8.64. The van der Waals surface area contributed by atoms with Crippen molar-refractivity contribution in [2.45, 2.75) is 35.0 Å². The predicted molar refractivity (Wildman–Crippen MR) is 190 cm³/mol. The molecule has 0 saturated carbocycles. The number of carbonyl (C=O) groups excluding carboxylic acids is 2. The van der Waals surface area contributed by atoms with Gasteiger partial charge < -0.3 is 19.4 Å². The number of nitrogens with zero attached hydrogens (tertiary/aromatic N) is 4. The van der Waals surface area contributed by atoms with Gasteiger partial charge in [-0.3, -0.25) is 9.59 Å². The molecule has 0 radical (unpaired) electrons. The highest BCUT2D eigenvalue weighted by Crippen LogP contribution is 2.37. The zero-order chi connectivity index (χ0) is 36.6. The quantitative estimate of drug-likeness (QED) is 0.114. The van der Waals surface area contributed by atoms with Gasteiger partial charge in [-0.15, -0.1) is 0 Å². The Kier molecular flexibility index (Phi) is 8.83. The van der Waals surface area contributed by atoms with E-state index >= 15 is 0 Å². The number of fused-ring (bicyclic) bond motifs is 2. The van der Waals surface area contributed by atoms with Gasteiger partial charge in [-0.2, -0.15) is 26.4 Å². The molecule has 258 valence electrons. The first-order chi connectivity index (χ1) is 25.0. The molecule has 7 rings (SSSR count). The number of rotatable bonds is 8. The van der Waals surface area contributed by atoms with Crippen LogP contribution in [0.25, 0.3) is 28.8 Å². The summed E-state index contributed by atoms with van der Waals surface area (Å²) in [6.07, 6.45) is 9.95. The number of Topliss-reactive ketones (excluding diaryl/α,β-unsaturated/α-hetero) is 2. The summed E-state index contributed by atoms with van der Waals surface area (Å²) < 4.78 is 63.9. The normalized spacial score (nSPS) is 16.7. The molecule has 3 aliphatic carbocycles. The molecule has 14 heteroatoms. The van der Waals surface area contributed by atoms with E-state index in [1.54, 1.807) is 48.5 Å². The van der Waals surface area contributed by atoms with Gasteiger partial charge in [-0.25, -0.2) is 0 Å². The second-order valence-electron chi connectivity index (χ2n) is 12.1. The Labute approximate surface area is 298 Å². The zero-order valence-electron chi connectivity index (χ0n) is 27.0. The molecule has 3 aliphatic rings. The van der Waals surface area contributed by atoms with Crippen LogP contribution in [0.3, 0.4) is 0 Å². The molecule has 4 aromatic carbocycles. The highest BCUT2D eigenvalue weighted by atomic mass is 32.2. The van der Waals surface area contributed by atoms with Gasteiger partial charge in [0.2, 0.25) is 0 Å². The monoisotopic (exact) mass is 730 g/mol. The fourth-order valence-electron chi connectivity index (χ4n) is 6.44. The molecule has 0 N–H and O–H groups in total. The van der Waals surface area contributed by atoms with Gasteiger partial charge in [0.25, 0.3) is 11.6 Å². The summed E-state index contributed by atoms with van der Waals surface area (Å²) in [4.78, 5) is 30.6. The Bertz CT molecular complexity index is 2610. The number of hydrogen-bond acceptors (Lipinski definition) is 8. The average molecular weight is 731 g/mol. The molecule has 1 unspecified atom stereocenters. The lowest BCUT2D eigenvalue weighted by molar-refractivity contribution is -0.00459. The van der Waals surface area contributed by atoms with Gasteiger partial charge in [0.1, 0.15) is 21.3 Å². The molecule has 0 fully saturated rings. The Morgan fingerprint density at radius 1 is 0.615 bits per heavy atom. The first-order valence-electron chi connectivity index (χ1n) is 15.9. The average Bonchev–Trinajstić information content (AvgIpc) is 3.15. The van der Waals surface area contributed by atoms with Crippen LogP contribution in [-0.2, 0) is 20.2 Å². The van der Waals surface area contributed by atoms with Crippen LogP contribution in [0.4, 0.5) is 0 Å². The van der Waals surface area contributed by atoms with E-state index in [0.717, 1.165) is 36.0 Å². The van der Waals surface area contributed by atoms with Crippen molar-refractivity contribution in [1.29, 1.82) is 0 Å². The fraction of sp³-hybridized carbons (Fsp3) is 0.105. The second kappa shape index (κ2) is 13.4. The minimum atomic E-state index is -4.32. The van der Waals surface area contributed by atoms with Crippen molar-refractivity contribution in [3.8, 4) is 11.5 Å². The van der Waals surface area contributed by atoms with Crippen LogP contribution in [-0.4, -0.2) is 49.4 Å².